The number of anilines is 1. The number of nitrogens with one attached hydrogen (secondary N) is 1. The normalized spacial score (nSPS) is 14.6. The van der Waals surface area contributed by atoms with E-state index in [1.54, 1.807) is 24.3 Å². The summed E-state index contributed by atoms with van der Waals surface area (Å²) >= 11 is 3.57. The molecule has 4 aromatic rings. The smallest absolute Gasteiger partial charge is 0.335 e. The van der Waals surface area contributed by atoms with Gasteiger partial charge in [0.1, 0.15) is 12.2 Å². The fraction of sp³-hybridized carbons (Fsp3) is 0.156. The molecule has 5 rings (SSSR count). The highest BCUT2D eigenvalue weighted by Crippen LogP contribution is 2.39. The highest BCUT2D eigenvalue weighted by molar-refractivity contribution is 9.10. The predicted octanol–water partition coefficient (Wildman–Crippen LogP) is 6.86. The van der Waals surface area contributed by atoms with E-state index in [0.717, 1.165) is 32.4 Å². The van der Waals surface area contributed by atoms with E-state index >= 15 is 0 Å². The lowest BCUT2D eigenvalue weighted by atomic mass is 10.0. The molecule has 1 fully saturated rings. The lowest BCUT2D eigenvalue weighted by molar-refractivity contribution is -0.122. The van der Waals surface area contributed by atoms with Crippen molar-refractivity contribution in [3.8, 4) is 11.5 Å². The number of carbonyl (C=O) groups is 3. The number of aryl methyl sites for hydroxylation is 2. The number of benzene rings is 4. The molecule has 0 aliphatic carbocycles. The van der Waals surface area contributed by atoms with Gasteiger partial charge in [-0.15, -0.1) is 0 Å². The number of ether oxygens (including phenoxy) is 2. The van der Waals surface area contributed by atoms with Crippen molar-refractivity contribution in [1.82, 2.24) is 5.32 Å². The van der Waals surface area contributed by atoms with Crippen LogP contribution in [0.15, 0.2) is 82.8 Å². The maximum atomic E-state index is 13.4. The molecule has 0 unspecified atom stereocenters. The Balaban J connectivity index is 1.47. The third-order valence-corrected chi connectivity index (χ3v) is 7.33. The van der Waals surface area contributed by atoms with E-state index in [1.165, 1.54) is 6.08 Å². The van der Waals surface area contributed by atoms with Crippen LogP contribution in [0.4, 0.5) is 10.5 Å². The molecule has 202 valence electrons. The molecule has 1 heterocycles. The molecule has 1 aliphatic heterocycles. The molecular weight excluding hydrogens is 572 g/mol. The Morgan fingerprint density at radius 2 is 1.68 bits per heavy atom. The molecule has 0 aromatic heterocycles. The van der Waals surface area contributed by atoms with Gasteiger partial charge >= 0.3 is 6.03 Å². The number of halogens is 1. The maximum Gasteiger partial charge on any atom is 0.335 e. The van der Waals surface area contributed by atoms with Crippen molar-refractivity contribution in [2.24, 2.45) is 0 Å². The predicted molar refractivity (Wildman–Crippen MR) is 159 cm³/mol. The highest BCUT2D eigenvalue weighted by Gasteiger charge is 2.37. The minimum absolute atomic E-state index is 0.170. The number of barbiturate groups is 1. The monoisotopic (exact) mass is 598 g/mol. The number of fused-ring (bicyclic) bond motifs is 1. The number of amides is 4. The van der Waals surface area contributed by atoms with Crippen LogP contribution in [0.5, 0.6) is 11.5 Å². The average Bonchev–Trinajstić information content (AvgIpc) is 2.92. The molecule has 0 saturated carbocycles. The van der Waals surface area contributed by atoms with Gasteiger partial charge in [0.2, 0.25) is 0 Å². The number of rotatable bonds is 7. The van der Waals surface area contributed by atoms with Crippen molar-refractivity contribution < 1.29 is 23.9 Å². The second-order valence-corrected chi connectivity index (χ2v) is 10.3. The number of hydrogen-bond acceptors (Lipinski definition) is 5. The molecule has 7 nitrogen and oxygen atoms in total. The van der Waals surface area contributed by atoms with E-state index in [0.29, 0.717) is 40.4 Å². The highest BCUT2D eigenvalue weighted by atomic mass is 79.9. The summed E-state index contributed by atoms with van der Waals surface area (Å²) in [6.07, 6.45) is 1.44. The third-order valence-electron chi connectivity index (χ3n) is 6.75. The van der Waals surface area contributed by atoms with Gasteiger partial charge in [0.15, 0.2) is 11.5 Å². The van der Waals surface area contributed by atoms with Gasteiger partial charge in [0.05, 0.1) is 16.8 Å². The zero-order chi connectivity index (χ0) is 28.4. The fourth-order valence-corrected chi connectivity index (χ4v) is 5.14. The van der Waals surface area contributed by atoms with Gasteiger partial charge in [-0.2, -0.15) is 0 Å². The van der Waals surface area contributed by atoms with Gasteiger partial charge in [0.25, 0.3) is 11.8 Å². The molecular formula is C32H27BrN2O5. The minimum Gasteiger partial charge on any atom is -0.490 e. The van der Waals surface area contributed by atoms with Crippen molar-refractivity contribution in [2.45, 2.75) is 27.4 Å². The van der Waals surface area contributed by atoms with Crippen LogP contribution in [-0.2, 0) is 16.2 Å². The first kappa shape index (κ1) is 27.1. The van der Waals surface area contributed by atoms with Crippen LogP contribution >= 0.6 is 15.9 Å². The first-order chi connectivity index (χ1) is 19.3. The molecule has 40 heavy (non-hydrogen) atoms. The Kier molecular flexibility index (Phi) is 7.71. The topological polar surface area (TPSA) is 84.9 Å². The SMILES string of the molecule is CCOc1cc(/C=C2\C(=O)NC(=O)N(c3ccc(C)c(C)c3)C2=O)cc(Br)c1OCc1cccc2ccccc12. The Morgan fingerprint density at radius 3 is 2.45 bits per heavy atom. The van der Waals surface area contributed by atoms with Gasteiger partial charge in [0, 0.05) is 0 Å². The molecule has 0 radical (unpaired) electrons. The van der Waals surface area contributed by atoms with Crippen molar-refractivity contribution >= 4 is 56.3 Å². The van der Waals surface area contributed by atoms with Gasteiger partial charge in [-0.05, 0) is 100 Å². The Hall–Kier alpha value is -4.43. The molecule has 4 aromatic carbocycles. The van der Waals surface area contributed by atoms with Crippen molar-refractivity contribution in [3.63, 3.8) is 0 Å². The lowest BCUT2D eigenvalue weighted by Gasteiger charge is -2.27. The second kappa shape index (κ2) is 11.4. The Bertz CT molecular complexity index is 1690. The van der Waals surface area contributed by atoms with Crippen LogP contribution in [0.25, 0.3) is 16.8 Å². The summed E-state index contributed by atoms with van der Waals surface area (Å²) in [6.45, 7) is 6.39. The fourth-order valence-electron chi connectivity index (χ4n) is 4.57. The zero-order valence-electron chi connectivity index (χ0n) is 22.3. The summed E-state index contributed by atoms with van der Waals surface area (Å²) < 4.78 is 12.7. The van der Waals surface area contributed by atoms with E-state index < -0.39 is 17.8 Å². The van der Waals surface area contributed by atoms with Gasteiger partial charge in [-0.3, -0.25) is 14.9 Å². The largest absolute Gasteiger partial charge is 0.490 e. The van der Waals surface area contributed by atoms with Gasteiger partial charge in [-0.1, -0.05) is 48.5 Å². The van der Waals surface area contributed by atoms with Crippen molar-refractivity contribution in [2.75, 3.05) is 11.5 Å². The number of hydrogen-bond donors (Lipinski definition) is 1. The van der Waals surface area contributed by atoms with Gasteiger partial charge < -0.3 is 9.47 Å². The third kappa shape index (κ3) is 5.35. The summed E-state index contributed by atoms with van der Waals surface area (Å²) in [4.78, 5) is 39.7. The van der Waals surface area contributed by atoms with Crippen LogP contribution in [-0.4, -0.2) is 24.5 Å². The summed E-state index contributed by atoms with van der Waals surface area (Å²) in [5, 5.41) is 4.50. The van der Waals surface area contributed by atoms with E-state index in [1.807, 2.05) is 51.1 Å². The van der Waals surface area contributed by atoms with E-state index in [9.17, 15) is 14.4 Å². The van der Waals surface area contributed by atoms with E-state index in [4.69, 9.17) is 9.47 Å². The second-order valence-electron chi connectivity index (χ2n) is 9.42. The molecule has 0 bridgehead atoms. The van der Waals surface area contributed by atoms with Crippen molar-refractivity contribution in [1.29, 1.82) is 0 Å². The lowest BCUT2D eigenvalue weighted by Crippen LogP contribution is -2.54. The summed E-state index contributed by atoms with van der Waals surface area (Å²) in [5.74, 6) is -0.513. The minimum atomic E-state index is -0.788. The maximum absolute atomic E-state index is 13.4. The van der Waals surface area contributed by atoms with Gasteiger partial charge in [-0.25, -0.2) is 9.69 Å². The number of carbonyl (C=O) groups excluding carboxylic acids is 3. The summed E-state index contributed by atoms with van der Waals surface area (Å²) in [6, 6.07) is 22.1. The molecule has 8 heteroatoms. The average molecular weight is 599 g/mol. The Labute approximate surface area is 240 Å². The number of urea groups is 1. The molecule has 0 spiro atoms. The van der Waals surface area contributed by atoms with Crippen LogP contribution in [0.1, 0.15) is 29.2 Å². The van der Waals surface area contributed by atoms with E-state index in [-0.39, 0.29) is 5.57 Å². The zero-order valence-corrected chi connectivity index (χ0v) is 23.9. The first-order valence-electron chi connectivity index (χ1n) is 12.8. The first-order valence-corrected chi connectivity index (χ1v) is 13.6. The molecule has 1 N–H and O–H groups in total. The summed E-state index contributed by atoms with van der Waals surface area (Å²) in [7, 11) is 0. The quantitative estimate of drug-likeness (QED) is 0.185. The van der Waals surface area contributed by atoms with Crippen molar-refractivity contribution in [3.05, 3.63) is 105 Å². The number of imide groups is 2. The van der Waals surface area contributed by atoms with Crippen LogP contribution in [0.2, 0.25) is 0 Å². The number of nitrogens with zero attached hydrogens (tertiary/aromatic N) is 1. The Morgan fingerprint density at radius 1 is 0.900 bits per heavy atom. The molecule has 4 amide bonds. The van der Waals surface area contributed by atoms with Crippen LogP contribution in [0.3, 0.4) is 0 Å². The molecule has 0 atom stereocenters. The summed E-state index contributed by atoms with van der Waals surface area (Å²) in [5.41, 5.74) is 3.72. The van der Waals surface area contributed by atoms with Crippen LogP contribution < -0.4 is 19.7 Å². The molecule has 1 aliphatic rings. The van der Waals surface area contributed by atoms with Crippen LogP contribution in [0, 0.1) is 13.8 Å². The molecule has 1 saturated heterocycles. The standard InChI is InChI=1S/C32H27BrN2O5/c1-4-39-28-17-21(16-27(33)29(28)40-18-23-10-7-9-22-8-5-6-11-25(22)23)15-26-30(36)34-32(38)35(31(26)37)24-13-12-19(2)20(3)14-24/h5-17H,4,18H2,1-3H3,(H,34,36,38)/b26-15+. The van der Waals surface area contributed by atoms with E-state index in [2.05, 4.69) is 39.4 Å².